The molecular formula is C20H29FN2O2. The Morgan fingerprint density at radius 2 is 2.04 bits per heavy atom. The van der Waals surface area contributed by atoms with Crippen LogP contribution in [0.15, 0.2) is 42.6 Å². The van der Waals surface area contributed by atoms with Gasteiger partial charge in [-0.25, -0.2) is 4.39 Å². The fourth-order valence-electron chi connectivity index (χ4n) is 2.96. The van der Waals surface area contributed by atoms with Crippen LogP contribution < -0.4 is 0 Å². The number of ether oxygens (including phenoxy) is 1. The Bertz CT molecular complexity index is 630. The Labute approximate surface area is 149 Å². The van der Waals surface area contributed by atoms with Crippen LogP contribution in [-0.4, -0.2) is 47.5 Å². The minimum atomic E-state index is -0.336. The molecule has 1 atom stereocenters. The van der Waals surface area contributed by atoms with E-state index in [-0.39, 0.29) is 11.9 Å². The molecule has 0 aliphatic carbocycles. The minimum absolute atomic E-state index is 0.184. The van der Waals surface area contributed by atoms with E-state index < -0.39 is 0 Å². The van der Waals surface area contributed by atoms with Gasteiger partial charge in [0.05, 0.1) is 19.3 Å². The van der Waals surface area contributed by atoms with Crippen molar-refractivity contribution in [3.05, 3.63) is 59.7 Å². The van der Waals surface area contributed by atoms with Gasteiger partial charge >= 0.3 is 0 Å². The van der Waals surface area contributed by atoms with Crippen LogP contribution in [0.1, 0.15) is 31.0 Å². The number of benzene rings is 1. The lowest BCUT2D eigenvalue weighted by Gasteiger charge is -2.25. The second kappa shape index (κ2) is 10.3. The van der Waals surface area contributed by atoms with E-state index in [1.165, 1.54) is 6.07 Å². The highest BCUT2D eigenvalue weighted by molar-refractivity contribution is 5.19. The fraction of sp³-hybridized carbons (Fsp3) is 0.500. The maximum atomic E-state index is 13.9. The van der Waals surface area contributed by atoms with Crippen molar-refractivity contribution >= 4 is 0 Å². The highest BCUT2D eigenvalue weighted by Crippen LogP contribution is 2.14. The van der Waals surface area contributed by atoms with Gasteiger partial charge in [-0.2, -0.15) is 0 Å². The molecule has 25 heavy (non-hydrogen) atoms. The third-order valence-electron chi connectivity index (χ3n) is 4.31. The molecule has 1 N–H and O–H groups in total. The molecule has 0 aliphatic heterocycles. The highest BCUT2D eigenvalue weighted by Gasteiger charge is 2.14. The zero-order valence-corrected chi connectivity index (χ0v) is 15.2. The second-order valence-corrected chi connectivity index (χ2v) is 6.39. The van der Waals surface area contributed by atoms with Gasteiger partial charge in [-0.1, -0.05) is 31.5 Å². The van der Waals surface area contributed by atoms with Gasteiger partial charge in [0.2, 0.25) is 0 Å². The standard InChI is InChI=1S/C20H29FN2O2/c1-3-7-19(24)16-22(12-13-25-2)15-18-9-6-11-23(18)14-17-8-4-5-10-20(17)21/h4-6,8-11,19,24H,3,7,12-16H2,1-2H3. The smallest absolute Gasteiger partial charge is 0.128 e. The zero-order valence-electron chi connectivity index (χ0n) is 15.2. The first-order valence-electron chi connectivity index (χ1n) is 8.90. The van der Waals surface area contributed by atoms with Gasteiger partial charge in [0.25, 0.3) is 0 Å². The quantitative estimate of drug-likeness (QED) is 0.677. The van der Waals surface area contributed by atoms with Crippen molar-refractivity contribution in [3.63, 3.8) is 0 Å². The summed E-state index contributed by atoms with van der Waals surface area (Å²) < 4.78 is 21.2. The summed E-state index contributed by atoms with van der Waals surface area (Å²) in [6.07, 6.45) is 3.39. The average Bonchev–Trinajstić information content (AvgIpc) is 3.02. The largest absolute Gasteiger partial charge is 0.392 e. The maximum absolute atomic E-state index is 13.9. The van der Waals surface area contributed by atoms with Crippen molar-refractivity contribution < 1.29 is 14.2 Å². The summed E-state index contributed by atoms with van der Waals surface area (Å²) in [5, 5.41) is 10.1. The van der Waals surface area contributed by atoms with E-state index in [4.69, 9.17) is 4.74 Å². The van der Waals surface area contributed by atoms with Crippen LogP contribution in [0.25, 0.3) is 0 Å². The second-order valence-electron chi connectivity index (χ2n) is 6.39. The Morgan fingerprint density at radius 1 is 1.24 bits per heavy atom. The van der Waals surface area contributed by atoms with Gasteiger partial charge in [0.15, 0.2) is 0 Å². The molecule has 0 saturated heterocycles. The lowest BCUT2D eigenvalue weighted by Crippen LogP contribution is -2.35. The number of hydrogen-bond donors (Lipinski definition) is 1. The topological polar surface area (TPSA) is 37.6 Å². The van der Waals surface area contributed by atoms with E-state index in [1.54, 1.807) is 13.2 Å². The predicted molar refractivity (Wildman–Crippen MR) is 98.0 cm³/mol. The number of halogens is 1. The number of aliphatic hydroxyl groups is 1. The normalized spacial score (nSPS) is 12.7. The first-order valence-corrected chi connectivity index (χ1v) is 8.90. The van der Waals surface area contributed by atoms with Crippen molar-refractivity contribution in [1.82, 2.24) is 9.47 Å². The molecule has 5 heteroatoms. The Balaban J connectivity index is 2.06. The van der Waals surface area contributed by atoms with Gasteiger partial charge < -0.3 is 14.4 Å². The van der Waals surface area contributed by atoms with Crippen molar-refractivity contribution in [2.24, 2.45) is 0 Å². The molecule has 4 nitrogen and oxygen atoms in total. The molecule has 0 fully saturated rings. The van der Waals surface area contributed by atoms with Gasteiger partial charge in [0.1, 0.15) is 5.82 Å². The number of methoxy groups -OCH3 is 1. The third kappa shape index (κ3) is 6.27. The molecule has 1 aromatic carbocycles. The average molecular weight is 348 g/mol. The van der Waals surface area contributed by atoms with Crippen LogP contribution in [0.5, 0.6) is 0 Å². The summed E-state index contributed by atoms with van der Waals surface area (Å²) in [6.45, 7) is 5.26. The van der Waals surface area contributed by atoms with Gasteiger partial charge in [-0.05, 0) is 24.6 Å². The van der Waals surface area contributed by atoms with Crippen molar-refractivity contribution in [3.8, 4) is 0 Å². The molecule has 0 saturated carbocycles. The highest BCUT2D eigenvalue weighted by atomic mass is 19.1. The molecule has 0 aliphatic rings. The number of hydrogen-bond acceptors (Lipinski definition) is 3. The summed E-state index contributed by atoms with van der Waals surface area (Å²) >= 11 is 0. The predicted octanol–water partition coefficient (Wildman–Crippen LogP) is 3.28. The van der Waals surface area contributed by atoms with E-state index in [1.807, 2.05) is 30.5 Å². The fourth-order valence-corrected chi connectivity index (χ4v) is 2.96. The lowest BCUT2D eigenvalue weighted by atomic mass is 10.2. The van der Waals surface area contributed by atoms with Gasteiger partial charge in [-0.3, -0.25) is 4.90 Å². The lowest BCUT2D eigenvalue weighted by molar-refractivity contribution is 0.0788. The minimum Gasteiger partial charge on any atom is -0.392 e. The van der Waals surface area contributed by atoms with Crippen LogP contribution in [0.3, 0.4) is 0 Å². The molecule has 138 valence electrons. The molecule has 2 rings (SSSR count). The molecule has 0 spiro atoms. The Kier molecular flexibility index (Phi) is 8.12. The van der Waals surface area contributed by atoms with Crippen LogP contribution in [0.4, 0.5) is 4.39 Å². The Morgan fingerprint density at radius 3 is 2.76 bits per heavy atom. The molecule has 1 heterocycles. The summed E-state index contributed by atoms with van der Waals surface area (Å²) in [5.41, 5.74) is 1.78. The number of nitrogens with zero attached hydrogens (tertiary/aromatic N) is 2. The summed E-state index contributed by atoms with van der Waals surface area (Å²) in [5.74, 6) is -0.184. The first kappa shape index (κ1) is 19.6. The number of aliphatic hydroxyl groups excluding tert-OH is 1. The van der Waals surface area contributed by atoms with E-state index in [0.29, 0.717) is 31.8 Å². The van der Waals surface area contributed by atoms with E-state index >= 15 is 0 Å². The number of rotatable bonds is 11. The van der Waals surface area contributed by atoms with Gasteiger partial charge in [0, 0.05) is 44.2 Å². The number of aromatic nitrogens is 1. The third-order valence-corrected chi connectivity index (χ3v) is 4.31. The SMILES string of the molecule is CCCC(O)CN(CCOC)Cc1cccn1Cc1ccccc1F. The molecule has 1 aromatic heterocycles. The first-order chi connectivity index (χ1) is 12.1. The molecule has 1 unspecified atom stereocenters. The van der Waals surface area contributed by atoms with E-state index in [0.717, 1.165) is 25.1 Å². The monoisotopic (exact) mass is 348 g/mol. The summed E-state index contributed by atoms with van der Waals surface area (Å²) in [6, 6.07) is 10.9. The zero-order chi connectivity index (χ0) is 18.1. The molecular weight excluding hydrogens is 319 g/mol. The molecule has 0 radical (unpaired) electrons. The van der Waals surface area contributed by atoms with Crippen LogP contribution in [0, 0.1) is 5.82 Å². The molecule has 0 bridgehead atoms. The van der Waals surface area contributed by atoms with Crippen molar-refractivity contribution in [2.75, 3.05) is 26.8 Å². The van der Waals surface area contributed by atoms with Crippen molar-refractivity contribution in [1.29, 1.82) is 0 Å². The Hall–Kier alpha value is -1.69. The summed E-state index contributed by atoms with van der Waals surface area (Å²) in [4.78, 5) is 2.19. The van der Waals surface area contributed by atoms with Gasteiger partial charge in [-0.15, -0.1) is 0 Å². The van der Waals surface area contributed by atoms with Crippen LogP contribution in [-0.2, 0) is 17.8 Å². The van der Waals surface area contributed by atoms with E-state index in [2.05, 4.69) is 16.4 Å². The molecule has 0 amide bonds. The molecule has 2 aromatic rings. The summed E-state index contributed by atoms with van der Waals surface area (Å²) in [7, 11) is 1.68. The maximum Gasteiger partial charge on any atom is 0.128 e. The van der Waals surface area contributed by atoms with E-state index in [9.17, 15) is 9.50 Å². The van der Waals surface area contributed by atoms with Crippen molar-refractivity contribution in [2.45, 2.75) is 39.0 Å². The van der Waals surface area contributed by atoms with Crippen LogP contribution >= 0.6 is 0 Å². The van der Waals surface area contributed by atoms with Crippen LogP contribution in [0.2, 0.25) is 0 Å².